The van der Waals surface area contributed by atoms with Gasteiger partial charge in [-0.25, -0.2) is 0 Å². The summed E-state index contributed by atoms with van der Waals surface area (Å²) >= 11 is 0. The Labute approximate surface area is 74.4 Å². The summed E-state index contributed by atoms with van der Waals surface area (Å²) in [5, 5.41) is 6.85. The van der Waals surface area contributed by atoms with Gasteiger partial charge in [0.25, 0.3) is 0 Å². The highest BCUT2D eigenvalue weighted by Crippen LogP contribution is 2.32. The Morgan fingerprint density at radius 3 is 2.75 bits per heavy atom. The summed E-state index contributed by atoms with van der Waals surface area (Å²) < 4.78 is 0. The molecule has 0 saturated carbocycles. The summed E-state index contributed by atoms with van der Waals surface area (Å²) in [6, 6.07) is 0.598. The summed E-state index contributed by atoms with van der Waals surface area (Å²) in [4.78, 5) is 0. The second-order valence-corrected chi connectivity index (χ2v) is 4.04. The smallest absolute Gasteiger partial charge is 0.0291 e. The Morgan fingerprint density at radius 2 is 2.00 bits per heavy atom. The molecule has 2 heteroatoms. The largest absolute Gasteiger partial charge is 0.316 e. The zero-order valence-electron chi connectivity index (χ0n) is 7.88. The fourth-order valence-electron chi connectivity index (χ4n) is 2.58. The molecule has 4 atom stereocenters. The first-order valence-electron chi connectivity index (χ1n) is 4.89. The highest BCUT2D eigenvalue weighted by atomic mass is 15.0. The van der Waals surface area contributed by atoms with Crippen LogP contribution in [-0.2, 0) is 0 Å². The van der Waals surface area contributed by atoms with Crippen molar-refractivity contribution < 1.29 is 0 Å². The maximum Gasteiger partial charge on any atom is 0.0291 e. The van der Waals surface area contributed by atoms with Gasteiger partial charge in [-0.1, -0.05) is 19.1 Å². The standard InChI is InChI=1S/C10H18N2/c1-7-3-4-10(11-2)9-6-12-5-8(7)9/h3-4,7-12H,5-6H2,1-2H3/t7-,8-,9-,10+/m1/s1. The van der Waals surface area contributed by atoms with Crippen molar-refractivity contribution in [3.05, 3.63) is 12.2 Å². The third-order valence-corrected chi connectivity index (χ3v) is 3.40. The van der Waals surface area contributed by atoms with Gasteiger partial charge in [-0.15, -0.1) is 0 Å². The molecule has 2 nitrogen and oxygen atoms in total. The molecule has 12 heavy (non-hydrogen) atoms. The molecule has 0 unspecified atom stereocenters. The van der Waals surface area contributed by atoms with Crippen molar-refractivity contribution >= 4 is 0 Å². The molecule has 0 bridgehead atoms. The monoisotopic (exact) mass is 166 g/mol. The summed E-state index contributed by atoms with van der Waals surface area (Å²) in [5.41, 5.74) is 0. The zero-order chi connectivity index (χ0) is 8.55. The Balaban J connectivity index is 2.15. The second-order valence-electron chi connectivity index (χ2n) is 4.04. The Hall–Kier alpha value is -0.340. The molecule has 0 aromatic carbocycles. The van der Waals surface area contributed by atoms with E-state index in [1.165, 1.54) is 13.1 Å². The molecule has 68 valence electrons. The average Bonchev–Trinajstić information content (AvgIpc) is 2.54. The van der Waals surface area contributed by atoms with Crippen molar-refractivity contribution in [2.45, 2.75) is 13.0 Å². The predicted octanol–water partition coefficient (Wildman–Crippen LogP) is 0.616. The van der Waals surface area contributed by atoms with Gasteiger partial charge in [0.2, 0.25) is 0 Å². The number of allylic oxidation sites excluding steroid dienone is 1. The van der Waals surface area contributed by atoms with E-state index in [2.05, 4.69) is 36.8 Å². The Kier molecular flexibility index (Phi) is 2.20. The van der Waals surface area contributed by atoms with Gasteiger partial charge in [-0.05, 0) is 31.3 Å². The van der Waals surface area contributed by atoms with E-state index in [0.717, 1.165) is 17.8 Å². The molecule has 2 aliphatic rings. The van der Waals surface area contributed by atoms with E-state index < -0.39 is 0 Å². The predicted molar refractivity (Wildman–Crippen MR) is 51.0 cm³/mol. The van der Waals surface area contributed by atoms with Crippen LogP contribution in [0.4, 0.5) is 0 Å². The number of rotatable bonds is 1. The maximum absolute atomic E-state index is 3.48. The minimum Gasteiger partial charge on any atom is -0.316 e. The Morgan fingerprint density at radius 1 is 1.25 bits per heavy atom. The van der Waals surface area contributed by atoms with Gasteiger partial charge < -0.3 is 10.6 Å². The lowest BCUT2D eigenvalue weighted by Crippen LogP contribution is -2.40. The number of likely N-dealkylation sites (N-methyl/N-ethyl adjacent to an activating group) is 1. The van der Waals surface area contributed by atoms with Gasteiger partial charge in [0.05, 0.1) is 0 Å². The van der Waals surface area contributed by atoms with E-state index in [1.54, 1.807) is 0 Å². The van der Waals surface area contributed by atoms with E-state index in [1.807, 2.05) is 0 Å². The molecule has 0 spiro atoms. The first kappa shape index (κ1) is 8.27. The fourth-order valence-corrected chi connectivity index (χ4v) is 2.58. The molecule has 0 aromatic rings. The third-order valence-electron chi connectivity index (χ3n) is 3.40. The lowest BCUT2D eigenvalue weighted by molar-refractivity contribution is 0.284. The van der Waals surface area contributed by atoms with E-state index >= 15 is 0 Å². The normalized spacial score (nSPS) is 46.2. The number of hydrogen-bond acceptors (Lipinski definition) is 2. The van der Waals surface area contributed by atoms with Crippen LogP contribution in [0.5, 0.6) is 0 Å². The van der Waals surface area contributed by atoms with Crippen LogP contribution >= 0.6 is 0 Å². The van der Waals surface area contributed by atoms with E-state index in [9.17, 15) is 0 Å². The van der Waals surface area contributed by atoms with Crippen LogP contribution in [0.15, 0.2) is 12.2 Å². The van der Waals surface area contributed by atoms with E-state index in [0.29, 0.717) is 6.04 Å². The van der Waals surface area contributed by atoms with Crippen molar-refractivity contribution in [2.75, 3.05) is 20.1 Å². The second kappa shape index (κ2) is 3.19. The summed E-state index contributed by atoms with van der Waals surface area (Å²) in [6.07, 6.45) is 4.69. The molecule has 0 amide bonds. The fraction of sp³-hybridized carbons (Fsp3) is 0.800. The van der Waals surface area contributed by atoms with Crippen molar-refractivity contribution in [2.24, 2.45) is 17.8 Å². The molecule has 2 rings (SSSR count). The van der Waals surface area contributed by atoms with Gasteiger partial charge >= 0.3 is 0 Å². The molecule has 1 aliphatic carbocycles. The molecule has 1 fully saturated rings. The zero-order valence-corrected chi connectivity index (χ0v) is 7.88. The topological polar surface area (TPSA) is 24.1 Å². The third kappa shape index (κ3) is 1.19. The van der Waals surface area contributed by atoms with Gasteiger partial charge in [-0.3, -0.25) is 0 Å². The number of nitrogens with one attached hydrogen (secondary N) is 2. The lowest BCUT2D eigenvalue weighted by Gasteiger charge is -2.32. The molecule has 1 heterocycles. The Bertz CT molecular complexity index is 188. The van der Waals surface area contributed by atoms with Crippen molar-refractivity contribution in [3.63, 3.8) is 0 Å². The summed E-state index contributed by atoms with van der Waals surface area (Å²) in [5.74, 6) is 2.43. The van der Waals surface area contributed by atoms with Crippen LogP contribution < -0.4 is 10.6 Å². The van der Waals surface area contributed by atoms with Crippen LogP contribution in [0.3, 0.4) is 0 Å². The van der Waals surface area contributed by atoms with Crippen molar-refractivity contribution in [1.29, 1.82) is 0 Å². The van der Waals surface area contributed by atoms with Crippen molar-refractivity contribution in [1.82, 2.24) is 10.6 Å². The van der Waals surface area contributed by atoms with Gasteiger partial charge in [0.1, 0.15) is 0 Å². The van der Waals surface area contributed by atoms with Gasteiger partial charge in [-0.2, -0.15) is 0 Å². The molecular formula is C10H18N2. The number of hydrogen-bond donors (Lipinski definition) is 2. The van der Waals surface area contributed by atoms with E-state index in [4.69, 9.17) is 0 Å². The molecule has 2 N–H and O–H groups in total. The van der Waals surface area contributed by atoms with Crippen LogP contribution in [0.1, 0.15) is 6.92 Å². The van der Waals surface area contributed by atoms with Crippen LogP contribution in [0.25, 0.3) is 0 Å². The van der Waals surface area contributed by atoms with Crippen LogP contribution in [0.2, 0.25) is 0 Å². The first-order valence-corrected chi connectivity index (χ1v) is 4.89. The highest BCUT2D eigenvalue weighted by molar-refractivity contribution is 5.10. The number of fused-ring (bicyclic) bond motifs is 1. The molecule has 1 saturated heterocycles. The highest BCUT2D eigenvalue weighted by Gasteiger charge is 2.36. The summed E-state index contributed by atoms with van der Waals surface area (Å²) in [7, 11) is 2.06. The minimum absolute atomic E-state index is 0.598. The van der Waals surface area contributed by atoms with Crippen LogP contribution in [0, 0.1) is 17.8 Å². The van der Waals surface area contributed by atoms with Crippen molar-refractivity contribution in [3.8, 4) is 0 Å². The molecule has 0 radical (unpaired) electrons. The molecule has 0 aromatic heterocycles. The maximum atomic E-state index is 3.48. The first-order chi connectivity index (χ1) is 5.83. The van der Waals surface area contributed by atoms with Gasteiger partial charge in [0, 0.05) is 12.6 Å². The quantitative estimate of drug-likeness (QED) is 0.558. The summed E-state index contributed by atoms with van der Waals surface area (Å²) in [6.45, 7) is 4.71. The average molecular weight is 166 g/mol. The molecule has 1 aliphatic heterocycles. The molecular weight excluding hydrogens is 148 g/mol. The van der Waals surface area contributed by atoms with Gasteiger partial charge in [0.15, 0.2) is 0 Å². The van der Waals surface area contributed by atoms with E-state index in [-0.39, 0.29) is 0 Å². The minimum atomic E-state index is 0.598. The van der Waals surface area contributed by atoms with Crippen LogP contribution in [-0.4, -0.2) is 26.2 Å². The lowest BCUT2D eigenvalue weighted by atomic mass is 9.76. The SMILES string of the molecule is CN[C@H]1C=C[C@@H](C)[C@H]2CNC[C@H]21.